The number of rotatable bonds is 2. The molecular weight excluding hydrogens is 384 g/mol. The van der Waals surface area contributed by atoms with E-state index >= 15 is 0 Å². The highest BCUT2D eigenvalue weighted by Crippen LogP contribution is 2.35. The van der Waals surface area contributed by atoms with E-state index in [1.54, 1.807) is 0 Å². The molecule has 3 atom stereocenters. The highest BCUT2D eigenvalue weighted by atomic mass is 79.9. The summed E-state index contributed by atoms with van der Waals surface area (Å²) in [6, 6.07) is 6.15. The third-order valence-electron chi connectivity index (χ3n) is 4.51. The Hall–Kier alpha value is -0.390. The van der Waals surface area contributed by atoms with Crippen molar-refractivity contribution in [2.75, 3.05) is 19.6 Å². The van der Waals surface area contributed by atoms with E-state index in [0.29, 0.717) is 17.9 Å². The van der Waals surface area contributed by atoms with E-state index in [1.165, 1.54) is 0 Å². The van der Waals surface area contributed by atoms with E-state index in [4.69, 9.17) is 0 Å². The normalized spacial score (nSPS) is 28.8. The zero-order valence-electron chi connectivity index (χ0n) is 11.4. The van der Waals surface area contributed by atoms with Gasteiger partial charge in [-0.3, -0.25) is 4.79 Å². The third kappa shape index (κ3) is 2.55. The first kappa shape index (κ1) is 14.5. The number of likely N-dealkylation sites (tertiary alicyclic amines) is 1. The molecule has 0 bridgehead atoms. The van der Waals surface area contributed by atoms with Gasteiger partial charge in [-0.2, -0.15) is 0 Å². The lowest BCUT2D eigenvalue weighted by atomic mass is 9.93. The van der Waals surface area contributed by atoms with Crippen molar-refractivity contribution in [3.8, 4) is 0 Å². The van der Waals surface area contributed by atoms with Gasteiger partial charge in [-0.25, -0.2) is 0 Å². The summed E-state index contributed by atoms with van der Waals surface area (Å²) in [7, 11) is 0. The van der Waals surface area contributed by atoms with Crippen molar-refractivity contribution in [1.29, 1.82) is 0 Å². The highest BCUT2D eigenvalue weighted by Gasteiger charge is 2.45. The lowest BCUT2D eigenvalue weighted by Crippen LogP contribution is -2.39. The number of carbonyl (C=O) groups is 1. The van der Waals surface area contributed by atoms with Gasteiger partial charge in [-0.15, -0.1) is 0 Å². The summed E-state index contributed by atoms with van der Waals surface area (Å²) in [5.41, 5.74) is 0.762. The van der Waals surface area contributed by atoms with Crippen LogP contribution < -0.4 is 5.32 Å². The summed E-state index contributed by atoms with van der Waals surface area (Å²) in [4.78, 5) is 14.9. The molecule has 2 fully saturated rings. The minimum atomic E-state index is 0.160. The van der Waals surface area contributed by atoms with Crippen LogP contribution >= 0.6 is 31.9 Å². The third-order valence-corrected chi connectivity index (χ3v) is 5.42. The van der Waals surface area contributed by atoms with Crippen LogP contribution in [-0.2, 0) is 0 Å². The fourth-order valence-electron chi connectivity index (χ4n) is 3.62. The van der Waals surface area contributed by atoms with Crippen LogP contribution in [0.25, 0.3) is 0 Å². The van der Waals surface area contributed by atoms with Gasteiger partial charge < -0.3 is 10.2 Å². The largest absolute Gasteiger partial charge is 0.335 e. The second-order valence-corrected chi connectivity index (χ2v) is 7.50. The van der Waals surface area contributed by atoms with Crippen LogP contribution in [0.15, 0.2) is 27.1 Å². The molecule has 2 aliphatic heterocycles. The number of amides is 1. The lowest BCUT2D eigenvalue weighted by molar-refractivity contribution is 0.0711. The number of hydrogen-bond acceptors (Lipinski definition) is 2. The van der Waals surface area contributed by atoms with E-state index in [9.17, 15) is 4.79 Å². The summed E-state index contributed by atoms with van der Waals surface area (Å²) in [5, 5.41) is 3.45. The monoisotopic (exact) mass is 400 g/mol. The number of carbonyl (C=O) groups excluding carboxylic acids is 1. The molecule has 2 heterocycles. The molecule has 1 N–H and O–H groups in total. The van der Waals surface area contributed by atoms with Gasteiger partial charge in [0.2, 0.25) is 0 Å². The van der Waals surface area contributed by atoms with Crippen molar-refractivity contribution in [3.05, 3.63) is 32.7 Å². The minimum Gasteiger partial charge on any atom is -0.335 e. The van der Waals surface area contributed by atoms with Crippen molar-refractivity contribution in [2.24, 2.45) is 11.8 Å². The molecule has 3 unspecified atom stereocenters. The smallest absolute Gasteiger partial charge is 0.254 e. The van der Waals surface area contributed by atoms with E-state index in [0.717, 1.165) is 40.6 Å². The maximum atomic E-state index is 12.8. The SMILES string of the molecule is CCC1C2CNCC2CN1C(=O)c1cc(Br)cc(Br)c1. The van der Waals surface area contributed by atoms with Gasteiger partial charge in [0.1, 0.15) is 0 Å². The molecule has 0 spiro atoms. The van der Waals surface area contributed by atoms with Crippen LogP contribution in [0, 0.1) is 11.8 Å². The van der Waals surface area contributed by atoms with Gasteiger partial charge in [-0.05, 0) is 36.5 Å². The summed E-state index contributed by atoms with van der Waals surface area (Å²) in [5.74, 6) is 1.41. The fourth-order valence-corrected chi connectivity index (χ4v) is 4.92. The van der Waals surface area contributed by atoms with Crippen molar-refractivity contribution in [1.82, 2.24) is 10.2 Å². The molecule has 1 aromatic rings. The number of nitrogens with zero attached hydrogens (tertiary/aromatic N) is 1. The van der Waals surface area contributed by atoms with Crippen LogP contribution in [0.5, 0.6) is 0 Å². The minimum absolute atomic E-state index is 0.160. The van der Waals surface area contributed by atoms with E-state index in [-0.39, 0.29) is 5.91 Å². The van der Waals surface area contributed by atoms with Gasteiger partial charge >= 0.3 is 0 Å². The van der Waals surface area contributed by atoms with Gasteiger partial charge in [0, 0.05) is 40.2 Å². The number of fused-ring (bicyclic) bond motifs is 1. The van der Waals surface area contributed by atoms with Crippen LogP contribution in [-0.4, -0.2) is 36.5 Å². The Morgan fingerprint density at radius 2 is 2.00 bits per heavy atom. The Morgan fingerprint density at radius 3 is 2.65 bits per heavy atom. The molecule has 0 radical (unpaired) electrons. The molecule has 2 saturated heterocycles. The number of hydrogen-bond donors (Lipinski definition) is 1. The summed E-state index contributed by atoms with van der Waals surface area (Å²) >= 11 is 6.92. The molecule has 3 nitrogen and oxygen atoms in total. The maximum Gasteiger partial charge on any atom is 0.254 e. The molecule has 108 valence electrons. The van der Waals surface area contributed by atoms with Crippen LogP contribution in [0.4, 0.5) is 0 Å². The Balaban J connectivity index is 1.86. The second-order valence-electron chi connectivity index (χ2n) is 5.67. The number of nitrogens with one attached hydrogen (secondary N) is 1. The average molecular weight is 402 g/mol. The Bertz CT molecular complexity index is 514. The van der Waals surface area contributed by atoms with E-state index in [2.05, 4.69) is 49.0 Å². The van der Waals surface area contributed by atoms with Crippen LogP contribution in [0.2, 0.25) is 0 Å². The Labute approximate surface area is 136 Å². The quantitative estimate of drug-likeness (QED) is 0.824. The van der Waals surface area contributed by atoms with Gasteiger partial charge in [0.05, 0.1) is 0 Å². The predicted molar refractivity (Wildman–Crippen MR) is 86.8 cm³/mol. The fraction of sp³-hybridized carbons (Fsp3) is 0.533. The first-order valence-electron chi connectivity index (χ1n) is 7.08. The molecule has 0 aromatic heterocycles. The van der Waals surface area contributed by atoms with E-state index < -0.39 is 0 Å². The Kier molecular flexibility index (Phi) is 4.20. The molecule has 0 saturated carbocycles. The zero-order chi connectivity index (χ0) is 14.3. The van der Waals surface area contributed by atoms with Crippen LogP contribution in [0.1, 0.15) is 23.7 Å². The molecular formula is C15H18Br2N2O. The van der Waals surface area contributed by atoms with Crippen LogP contribution in [0.3, 0.4) is 0 Å². The number of benzene rings is 1. The van der Waals surface area contributed by atoms with Gasteiger partial charge in [0.25, 0.3) is 5.91 Å². The van der Waals surface area contributed by atoms with Crippen molar-refractivity contribution < 1.29 is 4.79 Å². The predicted octanol–water partition coefficient (Wildman–Crippen LogP) is 3.28. The number of halogens is 2. The summed E-state index contributed by atoms with van der Waals surface area (Å²) in [6.07, 6.45) is 1.03. The lowest BCUT2D eigenvalue weighted by Gasteiger charge is -2.27. The van der Waals surface area contributed by atoms with Crippen molar-refractivity contribution in [3.63, 3.8) is 0 Å². The van der Waals surface area contributed by atoms with Crippen molar-refractivity contribution in [2.45, 2.75) is 19.4 Å². The van der Waals surface area contributed by atoms with E-state index in [1.807, 2.05) is 18.2 Å². The standard InChI is InChI=1S/C15H18Br2N2O/c1-2-14-13-7-18-6-10(13)8-19(14)15(20)9-3-11(16)5-12(17)4-9/h3-5,10,13-14,18H,2,6-8H2,1H3. The average Bonchev–Trinajstić information content (AvgIpc) is 2.96. The second kappa shape index (κ2) is 5.78. The summed E-state index contributed by atoms with van der Waals surface area (Å²) < 4.78 is 1.87. The van der Waals surface area contributed by atoms with Gasteiger partial charge in [-0.1, -0.05) is 38.8 Å². The molecule has 5 heteroatoms. The van der Waals surface area contributed by atoms with Crippen molar-refractivity contribution >= 4 is 37.8 Å². The highest BCUT2D eigenvalue weighted by molar-refractivity contribution is 9.11. The Morgan fingerprint density at radius 1 is 1.30 bits per heavy atom. The molecule has 20 heavy (non-hydrogen) atoms. The summed E-state index contributed by atoms with van der Waals surface area (Å²) in [6.45, 7) is 5.17. The first-order valence-corrected chi connectivity index (χ1v) is 8.66. The first-order chi connectivity index (χ1) is 9.60. The molecule has 1 aromatic carbocycles. The topological polar surface area (TPSA) is 32.3 Å². The zero-order valence-corrected chi connectivity index (χ0v) is 14.6. The molecule has 0 aliphatic carbocycles. The maximum absolute atomic E-state index is 12.8. The molecule has 1 amide bonds. The molecule has 3 rings (SSSR count). The van der Waals surface area contributed by atoms with Gasteiger partial charge in [0.15, 0.2) is 0 Å². The molecule has 2 aliphatic rings.